The van der Waals surface area contributed by atoms with Gasteiger partial charge in [-0.2, -0.15) is 0 Å². The van der Waals surface area contributed by atoms with Crippen molar-refractivity contribution in [1.29, 1.82) is 0 Å². The molecule has 0 aliphatic carbocycles. The summed E-state index contributed by atoms with van der Waals surface area (Å²) in [6.07, 6.45) is 1.05. The summed E-state index contributed by atoms with van der Waals surface area (Å²) in [5.41, 5.74) is 3.46. The van der Waals surface area contributed by atoms with Crippen molar-refractivity contribution in [1.82, 2.24) is 0 Å². The number of carbonyl (C=O) groups is 4. The van der Waals surface area contributed by atoms with Crippen LogP contribution in [-0.4, -0.2) is 23.6 Å². The van der Waals surface area contributed by atoms with Crippen molar-refractivity contribution in [2.75, 3.05) is 9.80 Å². The number of anilines is 2. The zero-order chi connectivity index (χ0) is 25.2. The highest BCUT2D eigenvalue weighted by atomic mass is 35.5. The van der Waals surface area contributed by atoms with Gasteiger partial charge in [-0.3, -0.25) is 19.2 Å². The molecule has 0 saturated heterocycles. The van der Waals surface area contributed by atoms with E-state index in [0.29, 0.717) is 29.8 Å². The van der Waals surface area contributed by atoms with Crippen molar-refractivity contribution in [3.8, 4) is 0 Å². The number of fused-ring (bicyclic) bond motifs is 2. The molecule has 2 heterocycles. The van der Waals surface area contributed by atoms with Crippen LogP contribution in [0.25, 0.3) is 0 Å². The van der Waals surface area contributed by atoms with Crippen molar-refractivity contribution in [2.24, 2.45) is 0 Å². The molecule has 3 aromatic rings. The van der Waals surface area contributed by atoms with E-state index < -0.39 is 23.6 Å². The van der Waals surface area contributed by atoms with Crippen LogP contribution in [0.1, 0.15) is 72.0 Å². The lowest BCUT2D eigenvalue weighted by atomic mass is 9.95. The second-order valence-corrected chi connectivity index (χ2v) is 9.25. The van der Waals surface area contributed by atoms with E-state index in [0.717, 1.165) is 20.9 Å². The van der Waals surface area contributed by atoms with Gasteiger partial charge in [0.25, 0.3) is 23.6 Å². The normalized spacial score (nSPS) is 14.8. The fourth-order valence-corrected chi connectivity index (χ4v) is 5.51. The quantitative estimate of drug-likeness (QED) is 0.405. The van der Waals surface area contributed by atoms with E-state index in [4.69, 9.17) is 23.2 Å². The van der Waals surface area contributed by atoms with Gasteiger partial charge in [0.1, 0.15) is 0 Å². The molecule has 0 spiro atoms. The molecule has 3 aromatic carbocycles. The molecular formula is C27H20Cl2N2O4. The lowest BCUT2D eigenvalue weighted by Crippen LogP contribution is -2.34. The second kappa shape index (κ2) is 8.33. The van der Waals surface area contributed by atoms with Crippen LogP contribution in [0.15, 0.2) is 42.5 Å². The maximum absolute atomic E-state index is 13.4. The molecule has 0 aromatic heterocycles. The molecule has 4 amide bonds. The number of aryl methyl sites for hydroxylation is 2. The van der Waals surface area contributed by atoms with Crippen LogP contribution in [0.4, 0.5) is 11.4 Å². The Morgan fingerprint density at radius 3 is 1.40 bits per heavy atom. The molecule has 0 bridgehead atoms. The maximum atomic E-state index is 13.4. The third-order valence-corrected chi connectivity index (χ3v) is 7.23. The van der Waals surface area contributed by atoms with Gasteiger partial charge in [-0.25, -0.2) is 9.80 Å². The molecule has 0 radical (unpaired) electrons. The topological polar surface area (TPSA) is 74.8 Å². The molecule has 0 unspecified atom stereocenters. The van der Waals surface area contributed by atoms with E-state index in [9.17, 15) is 19.2 Å². The lowest BCUT2D eigenvalue weighted by molar-refractivity contribution is 0.0912. The number of hydrogen-bond donors (Lipinski definition) is 0. The number of nitrogens with zero attached hydrogens (tertiary/aromatic N) is 2. The van der Waals surface area contributed by atoms with E-state index in [1.807, 2.05) is 19.9 Å². The molecule has 0 N–H and O–H groups in total. The van der Waals surface area contributed by atoms with Crippen LogP contribution in [0.5, 0.6) is 0 Å². The number of imide groups is 2. The molecule has 176 valence electrons. The van der Waals surface area contributed by atoms with Crippen LogP contribution in [0, 0.1) is 6.92 Å². The smallest absolute Gasteiger partial charge is 0.267 e. The van der Waals surface area contributed by atoms with Gasteiger partial charge < -0.3 is 0 Å². The Morgan fingerprint density at radius 2 is 1.06 bits per heavy atom. The highest BCUT2D eigenvalue weighted by Gasteiger charge is 2.43. The molecule has 35 heavy (non-hydrogen) atoms. The summed E-state index contributed by atoms with van der Waals surface area (Å²) in [6, 6.07) is 11.4. The van der Waals surface area contributed by atoms with E-state index in [1.165, 1.54) is 0 Å². The van der Waals surface area contributed by atoms with Crippen molar-refractivity contribution in [3.63, 3.8) is 0 Å². The number of hydrogen-bond acceptors (Lipinski definition) is 4. The third kappa shape index (κ3) is 3.17. The zero-order valence-corrected chi connectivity index (χ0v) is 20.8. The SMILES string of the molecule is CCc1cc(CC)c(N2C(=O)c3cccc(Cl)c3C2=O)c(C)c1N1C(=O)c2cccc(Cl)c2C1=O. The zero-order valence-electron chi connectivity index (χ0n) is 19.2. The summed E-state index contributed by atoms with van der Waals surface area (Å²) < 4.78 is 0. The molecule has 2 aliphatic rings. The predicted octanol–water partition coefficient (Wildman–Crippen LogP) is 6.03. The van der Waals surface area contributed by atoms with Crippen molar-refractivity contribution in [2.45, 2.75) is 33.6 Å². The van der Waals surface area contributed by atoms with Crippen LogP contribution >= 0.6 is 23.2 Å². The Hall–Kier alpha value is -3.48. The number of amides is 4. The summed E-state index contributed by atoms with van der Waals surface area (Å²) in [5.74, 6) is -2.06. The van der Waals surface area contributed by atoms with Crippen LogP contribution < -0.4 is 9.80 Å². The first-order valence-corrected chi connectivity index (χ1v) is 12.0. The van der Waals surface area contributed by atoms with Gasteiger partial charge >= 0.3 is 0 Å². The first-order chi connectivity index (χ1) is 16.7. The number of rotatable bonds is 4. The molecule has 0 saturated carbocycles. The van der Waals surface area contributed by atoms with E-state index in [1.54, 1.807) is 43.3 Å². The molecule has 6 nitrogen and oxygen atoms in total. The van der Waals surface area contributed by atoms with E-state index in [2.05, 4.69) is 0 Å². The Morgan fingerprint density at radius 1 is 0.657 bits per heavy atom. The van der Waals surface area contributed by atoms with Gasteiger partial charge in [0.05, 0.1) is 43.7 Å². The Labute approximate surface area is 212 Å². The maximum Gasteiger partial charge on any atom is 0.267 e. The fourth-order valence-electron chi connectivity index (χ4n) is 5.00. The molecule has 0 fully saturated rings. The summed E-state index contributed by atoms with van der Waals surface area (Å²) >= 11 is 12.5. The average molecular weight is 507 g/mol. The lowest BCUT2D eigenvalue weighted by Gasteiger charge is -2.27. The minimum atomic E-state index is -0.533. The van der Waals surface area contributed by atoms with Gasteiger partial charge in [0, 0.05) is 0 Å². The monoisotopic (exact) mass is 506 g/mol. The number of carbonyl (C=O) groups excluding carboxylic acids is 4. The van der Waals surface area contributed by atoms with Crippen LogP contribution in [-0.2, 0) is 12.8 Å². The molecule has 2 aliphatic heterocycles. The highest BCUT2D eigenvalue weighted by Crippen LogP contribution is 2.44. The summed E-state index contributed by atoms with van der Waals surface area (Å²) in [4.78, 5) is 55.9. The standard InChI is InChI=1S/C27H20Cl2N2O4/c1-4-14-12-15(5-2)23(31-25(33)17-9-7-11-19(29)21(17)27(31)35)13(3)22(14)30-24(32)16-8-6-10-18(28)20(16)26(30)34/h6-12H,4-5H2,1-3H3. The Bertz CT molecular complexity index is 1390. The number of halogens is 2. The Balaban J connectivity index is 1.75. The number of benzene rings is 3. The molecule has 8 heteroatoms. The minimum absolute atomic E-state index is 0.147. The van der Waals surface area contributed by atoms with Crippen LogP contribution in [0.3, 0.4) is 0 Å². The van der Waals surface area contributed by atoms with Crippen molar-refractivity contribution >= 4 is 58.2 Å². The summed E-state index contributed by atoms with van der Waals surface area (Å²) in [5, 5.41) is 0.388. The van der Waals surface area contributed by atoms with Crippen LogP contribution in [0.2, 0.25) is 10.0 Å². The minimum Gasteiger partial charge on any atom is -0.268 e. The van der Waals surface area contributed by atoms with Gasteiger partial charge in [-0.1, -0.05) is 55.2 Å². The highest BCUT2D eigenvalue weighted by molar-refractivity contribution is 6.43. The molecule has 0 atom stereocenters. The van der Waals surface area contributed by atoms with Gasteiger partial charge in [-0.15, -0.1) is 0 Å². The third-order valence-electron chi connectivity index (χ3n) is 6.60. The summed E-state index contributed by atoms with van der Waals surface area (Å²) in [7, 11) is 0. The second-order valence-electron chi connectivity index (χ2n) is 8.44. The average Bonchev–Trinajstić information content (AvgIpc) is 3.24. The first-order valence-electron chi connectivity index (χ1n) is 11.2. The van der Waals surface area contributed by atoms with Crippen molar-refractivity contribution in [3.05, 3.63) is 91.5 Å². The van der Waals surface area contributed by atoms with Gasteiger partial charge in [0.2, 0.25) is 0 Å². The predicted molar refractivity (Wildman–Crippen MR) is 135 cm³/mol. The largest absolute Gasteiger partial charge is 0.268 e. The Kier molecular flexibility index (Phi) is 5.54. The van der Waals surface area contributed by atoms with E-state index in [-0.39, 0.29) is 32.3 Å². The molecular weight excluding hydrogens is 487 g/mol. The van der Waals surface area contributed by atoms with Gasteiger partial charge in [-0.05, 0) is 60.7 Å². The fraction of sp³-hybridized carbons (Fsp3) is 0.185. The summed E-state index contributed by atoms with van der Waals surface area (Å²) in [6.45, 7) is 5.56. The van der Waals surface area contributed by atoms with Gasteiger partial charge in [0.15, 0.2) is 0 Å². The molecule has 5 rings (SSSR count). The van der Waals surface area contributed by atoms with E-state index >= 15 is 0 Å². The first kappa shape index (κ1) is 23.3. The van der Waals surface area contributed by atoms with Crippen molar-refractivity contribution < 1.29 is 19.2 Å².